The Labute approximate surface area is 183 Å². The number of rotatable bonds is 8. The first-order valence-corrected chi connectivity index (χ1v) is 10.0. The summed E-state index contributed by atoms with van der Waals surface area (Å²) in [4.78, 5) is 21.1. The van der Waals surface area contributed by atoms with E-state index in [1.54, 1.807) is 18.3 Å². The molecule has 0 aliphatic carbocycles. The van der Waals surface area contributed by atoms with Gasteiger partial charge in [-0.05, 0) is 46.1 Å². The molecule has 0 aliphatic rings. The normalized spacial score (nSPS) is 11.2. The summed E-state index contributed by atoms with van der Waals surface area (Å²) in [7, 11) is 0. The van der Waals surface area contributed by atoms with Crippen LogP contribution in [0.15, 0.2) is 65.3 Å². The molecule has 0 bridgehead atoms. The number of hydrogen-bond donors (Lipinski definition) is 4. The Balaban J connectivity index is 1.64. The van der Waals surface area contributed by atoms with E-state index >= 15 is 0 Å². The van der Waals surface area contributed by atoms with Crippen LogP contribution in [-0.2, 0) is 11.2 Å². The summed E-state index contributed by atoms with van der Waals surface area (Å²) in [6.45, 7) is 0.347. The van der Waals surface area contributed by atoms with Crippen LogP contribution in [0.5, 0.6) is 0 Å². The number of nitrogens with one attached hydrogen (secondary N) is 3. The molecule has 30 heavy (non-hydrogen) atoms. The van der Waals surface area contributed by atoms with Crippen molar-refractivity contribution >= 4 is 45.0 Å². The number of carbonyl (C=O) groups is 1. The van der Waals surface area contributed by atoms with Crippen molar-refractivity contribution in [1.82, 2.24) is 9.97 Å². The maximum absolute atomic E-state index is 12.5. The lowest BCUT2D eigenvalue weighted by Crippen LogP contribution is -2.37. The van der Waals surface area contributed by atoms with Gasteiger partial charge >= 0.3 is 0 Å². The van der Waals surface area contributed by atoms with E-state index in [0.29, 0.717) is 34.9 Å². The predicted molar refractivity (Wildman–Crippen MR) is 124 cm³/mol. The molecule has 1 heterocycles. The smallest absolute Gasteiger partial charge is 0.241 e. The van der Waals surface area contributed by atoms with Crippen LogP contribution in [-0.4, -0.2) is 28.5 Å². The Kier molecular flexibility index (Phi) is 7.38. The van der Waals surface area contributed by atoms with Crippen LogP contribution in [0, 0.1) is 12.3 Å². The summed E-state index contributed by atoms with van der Waals surface area (Å²) in [5.74, 6) is 3.22. The van der Waals surface area contributed by atoms with Gasteiger partial charge in [0.2, 0.25) is 11.9 Å². The molecule has 5 N–H and O–H groups in total. The third-order valence-electron chi connectivity index (χ3n) is 4.12. The highest BCUT2D eigenvalue weighted by Gasteiger charge is 2.14. The largest absolute Gasteiger partial charge is 0.358 e. The van der Waals surface area contributed by atoms with E-state index < -0.39 is 6.04 Å². The molecule has 2 aromatic carbocycles. The number of anilines is 4. The molecule has 3 rings (SSSR count). The van der Waals surface area contributed by atoms with E-state index in [4.69, 9.17) is 12.2 Å². The summed E-state index contributed by atoms with van der Waals surface area (Å²) in [5.41, 5.74) is 8.41. The van der Waals surface area contributed by atoms with Crippen LogP contribution < -0.4 is 21.7 Å². The zero-order valence-corrected chi connectivity index (χ0v) is 17.7. The van der Waals surface area contributed by atoms with Crippen molar-refractivity contribution in [3.05, 3.63) is 70.8 Å². The number of terminal acetylenes is 1. The van der Waals surface area contributed by atoms with Crippen molar-refractivity contribution in [3.63, 3.8) is 0 Å². The van der Waals surface area contributed by atoms with Gasteiger partial charge in [0.05, 0.1) is 17.1 Å². The summed E-state index contributed by atoms with van der Waals surface area (Å²) >= 11 is 3.38. The fourth-order valence-corrected chi connectivity index (χ4v) is 3.02. The number of aromatic nitrogens is 2. The van der Waals surface area contributed by atoms with Gasteiger partial charge in [-0.25, -0.2) is 4.98 Å². The molecule has 0 radical (unpaired) electrons. The van der Waals surface area contributed by atoms with Crippen LogP contribution in [0.3, 0.4) is 0 Å². The Bertz CT molecular complexity index is 1050. The maximum atomic E-state index is 12.5. The Morgan fingerprint density at radius 2 is 1.93 bits per heavy atom. The average molecular weight is 465 g/mol. The molecular weight excluding hydrogens is 444 g/mol. The first-order valence-electron chi connectivity index (χ1n) is 9.22. The van der Waals surface area contributed by atoms with Crippen molar-refractivity contribution in [2.24, 2.45) is 5.73 Å². The quantitative estimate of drug-likeness (QED) is 0.380. The first-order chi connectivity index (χ1) is 14.5. The minimum absolute atomic E-state index is 0.253. The van der Waals surface area contributed by atoms with Gasteiger partial charge in [0.1, 0.15) is 5.82 Å². The zero-order valence-electron chi connectivity index (χ0n) is 16.1. The summed E-state index contributed by atoms with van der Waals surface area (Å²) in [5, 5.41) is 8.98. The van der Waals surface area contributed by atoms with E-state index in [9.17, 15) is 4.79 Å². The summed E-state index contributed by atoms with van der Waals surface area (Å²) < 4.78 is 0.705. The SMILES string of the molecule is C#CCNc1nc(Nc2cccc(NC(=O)C(N)Cc3ccccc3)c2)ncc1Br. The van der Waals surface area contributed by atoms with Crippen molar-refractivity contribution < 1.29 is 4.79 Å². The molecule has 0 saturated heterocycles. The van der Waals surface area contributed by atoms with Gasteiger partial charge in [-0.3, -0.25) is 4.79 Å². The van der Waals surface area contributed by atoms with Gasteiger partial charge in [0.25, 0.3) is 0 Å². The molecule has 152 valence electrons. The Hall–Kier alpha value is -3.41. The molecule has 0 aliphatic heterocycles. The van der Waals surface area contributed by atoms with Gasteiger partial charge in [0, 0.05) is 17.6 Å². The first kappa shape index (κ1) is 21.3. The van der Waals surface area contributed by atoms with Gasteiger partial charge < -0.3 is 21.7 Å². The molecule has 0 saturated carbocycles. The van der Waals surface area contributed by atoms with E-state index in [1.165, 1.54) is 0 Å². The third kappa shape index (κ3) is 6.04. The third-order valence-corrected chi connectivity index (χ3v) is 4.70. The minimum Gasteiger partial charge on any atom is -0.358 e. The maximum Gasteiger partial charge on any atom is 0.241 e. The average Bonchev–Trinajstić information content (AvgIpc) is 2.75. The van der Waals surface area contributed by atoms with E-state index in [1.807, 2.05) is 42.5 Å². The number of carbonyl (C=O) groups excluding carboxylic acids is 1. The number of halogens is 1. The molecule has 3 aromatic rings. The molecule has 1 aromatic heterocycles. The highest BCUT2D eigenvalue weighted by molar-refractivity contribution is 9.10. The lowest BCUT2D eigenvalue weighted by molar-refractivity contribution is -0.117. The molecule has 7 nitrogen and oxygen atoms in total. The fourth-order valence-electron chi connectivity index (χ4n) is 2.69. The van der Waals surface area contributed by atoms with Gasteiger partial charge in [-0.1, -0.05) is 42.3 Å². The minimum atomic E-state index is -0.649. The van der Waals surface area contributed by atoms with Crippen molar-refractivity contribution in [2.45, 2.75) is 12.5 Å². The second-order valence-corrected chi connectivity index (χ2v) is 7.29. The molecule has 1 amide bonds. The topological polar surface area (TPSA) is 105 Å². The number of nitrogens with zero attached hydrogens (tertiary/aromatic N) is 2. The van der Waals surface area contributed by atoms with Crippen LogP contribution in [0.4, 0.5) is 23.1 Å². The summed E-state index contributed by atoms with van der Waals surface area (Å²) in [6.07, 6.45) is 7.37. The molecule has 0 spiro atoms. The number of benzene rings is 2. The van der Waals surface area contributed by atoms with Crippen LogP contribution in [0.25, 0.3) is 0 Å². The van der Waals surface area contributed by atoms with E-state index in [-0.39, 0.29) is 5.91 Å². The van der Waals surface area contributed by atoms with Crippen molar-refractivity contribution in [2.75, 3.05) is 22.5 Å². The molecule has 1 atom stereocenters. The number of amides is 1. The Morgan fingerprint density at radius 3 is 2.70 bits per heavy atom. The monoisotopic (exact) mass is 464 g/mol. The van der Waals surface area contributed by atoms with Crippen molar-refractivity contribution in [1.29, 1.82) is 0 Å². The van der Waals surface area contributed by atoms with Gasteiger partial charge in [-0.2, -0.15) is 4.98 Å². The van der Waals surface area contributed by atoms with Gasteiger partial charge in [0.15, 0.2) is 0 Å². The Morgan fingerprint density at radius 1 is 1.17 bits per heavy atom. The highest BCUT2D eigenvalue weighted by Crippen LogP contribution is 2.23. The van der Waals surface area contributed by atoms with Crippen LogP contribution >= 0.6 is 15.9 Å². The molecular formula is C22H21BrN6O. The fraction of sp³-hybridized carbons (Fsp3) is 0.136. The van der Waals surface area contributed by atoms with E-state index in [2.05, 4.69) is 47.8 Å². The molecule has 1 unspecified atom stereocenters. The number of nitrogens with two attached hydrogens (primary N) is 1. The predicted octanol–water partition coefficient (Wildman–Crippen LogP) is 3.54. The molecule has 0 fully saturated rings. The second kappa shape index (κ2) is 10.4. The standard InChI is InChI=1S/C22H21BrN6O/c1-2-11-25-20-18(23)14-26-22(29-20)28-17-10-6-9-16(13-17)27-21(30)19(24)12-15-7-4-3-5-8-15/h1,3-10,13-14,19H,11-12,24H2,(H,27,30)(H2,25,26,28,29). The second-order valence-electron chi connectivity index (χ2n) is 6.44. The van der Waals surface area contributed by atoms with Crippen LogP contribution in [0.2, 0.25) is 0 Å². The van der Waals surface area contributed by atoms with Gasteiger partial charge in [-0.15, -0.1) is 6.42 Å². The zero-order chi connectivity index (χ0) is 21.3. The van der Waals surface area contributed by atoms with E-state index in [0.717, 1.165) is 11.3 Å². The lowest BCUT2D eigenvalue weighted by atomic mass is 10.1. The number of hydrogen-bond acceptors (Lipinski definition) is 6. The summed E-state index contributed by atoms with van der Waals surface area (Å²) in [6, 6.07) is 16.3. The molecule has 8 heteroatoms. The van der Waals surface area contributed by atoms with Crippen molar-refractivity contribution in [3.8, 4) is 12.3 Å². The highest BCUT2D eigenvalue weighted by atomic mass is 79.9. The lowest BCUT2D eigenvalue weighted by Gasteiger charge is -2.14. The van der Waals surface area contributed by atoms with Crippen LogP contribution in [0.1, 0.15) is 5.56 Å².